The number of hydrogen-bond acceptors (Lipinski definition) is 4. The van der Waals surface area contributed by atoms with Crippen molar-refractivity contribution in [1.82, 2.24) is 10.2 Å². The topological polar surface area (TPSA) is 89.9 Å². The number of benzene rings is 1. The van der Waals surface area contributed by atoms with Gasteiger partial charge < -0.3 is 20.4 Å². The van der Waals surface area contributed by atoms with Crippen molar-refractivity contribution in [2.24, 2.45) is 5.92 Å². The fourth-order valence-corrected chi connectivity index (χ4v) is 3.38. The predicted molar refractivity (Wildman–Crippen MR) is 99.2 cm³/mol. The first-order valence-corrected chi connectivity index (χ1v) is 9.08. The van der Waals surface area contributed by atoms with Gasteiger partial charge in [-0.05, 0) is 24.8 Å². The van der Waals surface area contributed by atoms with Crippen molar-refractivity contribution in [3.8, 4) is 0 Å². The monoisotopic (exact) mass is 360 g/mol. The van der Waals surface area contributed by atoms with Gasteiger partial charge in [-0.25, -0.2) is 0 Å². The summed E-state index contributed by atoms with van der Waals surface area (Å²) in [6.07, 6.45) is 3.74. The summed E-state index contributed by atoms with van der Waals surface area (Å²) in [4.78, 5) is 26.9. The number of rotatable bonds is 9. The second-order valence-electron chi connectivity index (χ2n) is 6.65. The lowest BCUT2D eigenvalue weighted by molar-refractivity contribution is -0.137. The lowest BCUT2D eigenvalue weighted by atomic mass is 9.98. The van der Waals surface area contributed by atoms with E-state index < -0.39 is 12.0 Å². The Morgan fingerprint density at radius 1 is 1.31 bits per heavy atom. The molecule has 1 saturated heterocycles. The van der Waals surface area contributed by atoms with Crippen LogP contribution in [0, 0.1) is 5.92 Å². The highest BCUT2D eigenvalue weighted by molar-refractivity contribution is 5.86. The summed E-state index contributed by atoms with van der Waals surface area (Å²) in [5.74, 6) is -0.942. The molecule has 0 aliphatic carbocycles. The van der Waals surface area contributed by atoms with Gasteiger partial charge in [0.2, 0.25) is 11.8 Å². The fraction of sp³-hybridized carbons (Fsp3) is 0.500. The summed E-state index contributed by atoms with van der Waals surface area (Å²) < 4.78 is 0. The second kappa shape index (κ2) is 10.1. The highest BCUT2D eigenvalue weighted by Gasteiger charge is 2.31. The zero-order valence-corrected chi connectivity index (χ0v) is 15.0. The molecule has 6 nitrogen and oxygen atoms in total. The summed E-state index contributed by atoms with van der Waals surface area (Å²) in [6.45, 7) is 4.03. The highest BCUT2D eigenvalue weighted by Crippen LogP contribution is 2.21. The molecule has 6 heteroatoms. The van der Waals surface area contributed by atoms with Gasteiger partial charge >= 0.3 is 0 Å². The molecule has 0 aromatic heterocycles. The van der Waals surface area contributed by atoms with Crippen LogP contribution in [0.2, 0.25) is 0 Å². The van der Waals surface area contributed by atoms with E-state index in [1.807, 2.05) is 30.3 Å². The number of amides is 2. The first-order chi connectivity index (χ1) is 12.6. The first kappa shape index (κ1) is 20.1. The molecular weight excluding hydrogens is 332 g/mol. The van der Waals surface area contributed by atoms with Crippen LogP contribution in [0.4, 0.5) is 0 Å². The third-order valence-electron chi connectivity index (χ3n) is 4.85. The Labute approximate surface area is 154 Å². The van der Waals surface area contributed by atoms with Gasteiger partial charge in [0.25, 0.3) is 0 Å². The lowest BCUT2D eigenvalue weighted by Crippen LogP contribution is -2.41. The van der Waals surface area contributed by atoms with Gasteiger partial charge in [0.15, 0.2) is 0 Å². The number of likely N-dealkylation sites (tertiary alicyclic amines) is 1. The molecule has 1 heterocycles. The Morgan fingerprint density at radius 3 is 2.65 bits per heavy atom. The number of hydrogen-bond donors (Lipinski definition) is 3. The van der Waals surface area contributed by atoms with Crippen LogP contribution < -0.4 is 5.32 Å². The summed E-state index contributed by atoms with van der Waals surface area (Å²) >= 11 is 0. The maximum Gasteiger partial charge on any atom is 0.224 e. The number of allylic oxidation sites excluding steroid dienone is 1. The summed E-state index contributed by atoms with van der Waals surface area (Å²) in [5, 5.41) is 21.8. The molecular formula is C20H28N2O4. The Bertz CT molecular complexity index is 605. The van der Waals surface area contributed by atoms with Crippen molar-refractivity contribution >= 4 is 11.8 Å². The molecule has 3 atom stereocenters. The minimum Gasteiger partial charge on any atom is -0.394 e. The van der Waals surface area contributed by atoms with Crippen LogP contribution in [0.1, 0.15) is 37.3 Å². The third kappa shape index (κ3) is 5.16. The molecule has 1 fully saturated rings. The number of aliphatic hydroxyl groups excluding tert-OH is 2. The molecule has 1 aromatic carbocycles. The van der Waals surface area contributed by atoms with Crippen molar-refractivity contribution in [2.45, 2.75) is 37.8 Å². The third-order valence-corrected chi connectivity index (χ3v) is 4.85. The highest BCUT2D eigenvalue weighted by atomic mass is 16.3. The number of aliphatic hydroxyl groups is 2. The molecule has 0 radical (unpaired) electrons. The standard InChI is InChI=1S/C20H28N2O4/c1-2-7-16(12-19(25)22-11-6-10-17(22)13-23)20(26)21-18(14-24)15-8-4-3-5-9-15/h2-5,8-9,16-18,23-24H,1,6-7,10-14H2,(H,21,26)/t16-,17+,18+/m1/s1. The molecule has 0 unspecified atom stereocenters. The van der Waals surface area contributed by atoms with Crippen molar-refractivity contribution in [2.75, 3.05) is 19.8 Å². The number of carbonyl (C=O) groups is 2. The number of carbonyl (C=O) groups excluding carboxylic acids is 2. The predicted octanol–water partition coefficient (Wildman–Crippen LogP) is 1.40. The lowest BCUT2D eigenvalue weighted by Gasteiger charge is -2.26. The average Bonchev–Trinajstić information content (AvgIpc) is 3.15. The van der Waals surface area contributed by atoms with Gasteiger partial charge in [-0.3, -0.25) is 9.59 Å². The Balaban J connectivity index is 2.02. The van der Waals surface area contributed by atoms with Crippen LogP contribution in [0.5, 0.6) is 0 Å². The van der Waals surface area contributed by atoms with E-state index >= 15 is 0 Å². The largest absolute Gasteiger partial charge is 0.394 e. The van der Waals surface area contributed by atoms with Gasteiger partial charge in [-0.1, -0.05) is 36.4 Å². The van der Waals surface area contributed by atoms with Crippen molar-refractivity contribution in [3.63, 3.8) is 0 Å². The minimum absolute atomic E-state index is 0.0509. The smallest absolute Gasteiger partial charge is 0.224 e. The SMILES string of the molecule is C=CC[C@H](CC(=O)N1CCC[C@H]1CO)C(=O)N[C@@H](CO)c1ccccc1. The zero-order valence-electron chi connectivity index (χ0n) is 15.0. The molecule has 2 amide bonds. The molecule has 0 bridgehead atoms. The molecule has 0 spiro atoms. The van der Waals surface area contributed by atoms with E-state index in [2.05, 4.69) is 11.9 Å². The Morgan fingerprint density at radius 2 is 2.04 bits per heavy atom. The molecule has 26 heavy (non-hydrogen) atoms. The molecule has 2 rings (SSSR count). The van der Waals surface area contributed by atoms with E-state index in [1.54, 1.807) is 11.0 Å². The maximum atomic E-state index is 12.7. The van der Waals surface area contributed by atoms with Gasteiger partial charge in [0.1, 0.15) is 0 Å². The molecule has 142 valence electrons. The average molecular weight is 360 g/mol. The van der Waals surface area contributed by atoms with Crippen LogP contribution in [-0.4, -0.2) is 52.7 Å². The van der Waals surface area contributed by atoms with Crippen molar-refractivity contribution in [3.05, 3.63) is 48.6 Å². The summed E-state index contributed by atoms with van der Waals surface area (Å²) in [6, 6.07) is 8.57. The van der Waals surface area contributed by atoms with E-state index in [0.717, 1.165) is 18.4 Å². The van der Waals surface area contributed by atoms with Crippen LogP contribution in [0.15, 0.2) is 43.0 Å². The van der Waals surface area contributed by atoms with Crippen LogP contribution in [0.3, 0.4) is 0 Å². The summed E-state index contributed by atoms with van der Waals surface area (Å²) in [5.41, 5.74) is 0.812. The van der Waals surface area contributed by atoms with E-state index in [0.29, 0.717) is 13.0 Å². The van der Waals surface area contributed by atoms with E-state index in [1.165, 1.54) is 0 Å². The van der Waals surface area contributed by atoms with Crippen LogP contribution in [0.25, 0.3) is 0 Å². The zero-order chi connectivity index (χ0) is 18.9. The Hall–Kier alpha value is -2.18. The van der Waals surface area contributed by atoms with Crippen LogP contribution >= 0.6 is 0 Å². The second-order valence-corrected chi connectivity index (χ2v) is 6.65. The maximum absolute atomic E-state index is 12.7. The molecule has 0 saturated carbocycles. The van der Waals surface area contributed by atoms with Crippen molar-refractivity contribution in [1.29, 1.82) is 0 Å². The fourth-order valence-electron chi connectivity index (χ4n) is 3.38. The van der Waals surface area contributed by atoms with Crippen molar-refractivity contribution < 1.29 is 19.8 Å². The van der Waals surface area contributed by atoms with Gasteiger partial charge in [-0.2, -0.15) is 0 Å². The summed E-state index contributed by atoms with van der Waals surface area (Å²) in [7, 11) is 0. The molecule has 3 N–H and O–H groups in total. The minimum atomic E-state index is -0.544. The van der Waals surface area contributed by atoms with Gasteiger partial charge in [-0.15, -0.1) is 6.58 Å². The van der Waals surface area contributed by atoms with Crippen LogP contribution in [-0.2, 0) is 9.59 Å². The number of nitrogens with one attached hydrogen (secondary N) is 1. The molecule has 1 aromatic rings. The Kier molecular flexibility index (Phi) is 7.81. The molecule has 1 aliphatic rings. The van der Waals surface area contributed by atoms with Gasteiger partial charge in [0.05, 0.1) is 31.2 Å². The van der Waals surface area contributed by atoms with E-state index in [9.17, 15) is 19.8 Å². The van der Waals surface area contributed by atoms with E-state index in [4.69, 9.17) is 0 Å². The normalized spacial score (nSPS) is 19.0. The van der Waals surface area contributed by atoms with E-state index in [-0.39, 0.29) is 37.5 Å². The van der Waals surface area contributed by atoms with Gasteiger partial charge in [0, 0.05) is 13.0 Å². The number of nitrogens with zero attached hydrogens (tertiary/aromatic N) is 1. The first-order valence-electron chi connectivity index (χ1n) is 9.08. The molecule has 1 aliphatic heterocycles. The quantitative estimate of drug-likeness (QED) is 0.581.